The maximum Gasteiger partial charge on any atom is 0.350 e. The highest BCUT2D eigenvalue weighted by Crippen LogP contribution is 2.23. The summed E-state index contributed by atoms with van der Waals surface area (Å²) in [5.41, 5.74) is 2.08. The molecule has 3 aromatic rings. The van der Waals surface area contributed by atoms with Gasteiger partial charge in [-0.1, -0.05) is 29.5 Å². The summed E-state index contributed by atoms with van der Waals surface area (Å²) in [5.74, 6) is -0.726. The van der Waals surface area contributed by atoms with Gasteiger partial charge in [0.05, 0.1) is 17.8 Å². The number of hydrogen-bond acceptors (Lipinski definition) is 6. The Morgan fingerprint density at radius 3 is 2.75 bits per heavy atom. The highest BCUT2D eigenvalue weighted by Gasteiger charge is 2.17. The molecule has 0 aliphatic rings. The third kappa shape index (κ3) is 4.12. The average molecular weight is 399 g/mol. The second kappa shape index (κ2) is 8.35. The lowest BCUT2D eigenvalue weighted by Crippen LogP contribution is -2.23. The molecule has 0 radical (unpaired) electrons. The predicted octanol–water partition coefficient (Wildman–Crippen LogP) is 3.28. The molecule has 0 aliphatic carbocycles. The summed E-state index contributed by atoms with van der Waals surface area (Å²) >= 11 is 1.08. The lowest BCUT2D eigenvalue weighted by Gasteiger charge is -2.11. The van der Waals surface area contributed by atoms with Crippen LogP contribution in [0.5, 0.6) is 0 Å². The molecule has 0 bridgehead atoms. The number of fused-ring (bicyclic) bond motifs is 1. The number of carbonyl (C=O) groups excluding carboxylic acids is 2. The maximum absolute atomic E-state index is 12.4. The minimum atomic E-state index is -0.448. The molecule has 2 aromatic heterocycles. The molecule has 2 heterocycles. The molecule has 1 N–H and O–H groups in total. The normalized spacial score (nSPS) is 10.8. The van der Waals surface area contributed by atoms with Crippen LogP contribution < -0.4 is 10.9 Å². The number of carbonyl (C=O) groups is 2. The fourth-order valence-corrected chi connectivity index (χ4v) is 3.84. The lowest BCUT2D eigenvalue weighted by molar-refractivity contribution is -0.116. The van der Waals surface area contributed by atoms with Gasteiger partial charge in [-0.25, -0.2) is 9.78 Å². The van der Waals surface area contributed by atoms with E-state index in [4.69, 9.17) is 4.74 Å². The van der Waals surface area contributed by atoms with Gasteiger partial charge in [-0.2, -0.15) is 0 Å². The van der Waals surface area contributed by atoms with Gasteiger partial charge in [0.15, 0.2) is 5.13 Å². The number of nitrogens with zero attached hydrogens (tertiary/aromatic N) is 2. The first-order valence-electron chi connectivity index (χ1n) is 8.94. The van der Waals surface area contributed by atoms with Crippen LogP contribution in [0.25, 0.3) is 10.9 Å². The Hall–Kier alpha value is -3.00. The number of anilines is 1. The summed E-state index contributed by atoms with van der Waals surface area (Å²) in [6.07, 6.45) is 0.111. The molecule has 0 atom stereocenters. The first kappa shape index (κ1) is 19.8. The Labute approximate surface area is 166 Å². The topological polar surface area (TPSA) is 90.3 Å². The van der Waals surface area contributed by atoms with E-state index in [0.717, 1.165) is 27.8 Å². The van der Waals surface area contributed by atoms with Gasteiger partial charge in [-0.3, -0.25) is 9.59 Å². The Balaban J connectivity index is 1.72. The smallest absolute Gasteiger partial charge is 0.350 e. The van der Waals surface area contributed by atoms with Gasteiger partial charge in [0.1, 0.15) is 4.88 Å². The quantitative estimate of drug-likeness (QED) is 0.643. The minimum absolute atomic E-state index is 0.111. The number of aromatic nitrogens is 2. The molecule has 28 heavy (non-hydrogen) atoms. The number of benzene rings is 1. The monoisotopic (exact) mass is 399 g/mol. The number of nitrogens with one attached hydrogen (secondary N) is 1. The van der Waals surface area contributed by atoms with Crippen molar-refractivity contribution in [3.05, 3.63) is 56.8 Å². The Kier molecular flexibility index (Phi) is 5.89. The molecular weight excluding hydrogens is 378 g/mol. The van der Waals surface area contributed by atoms with Crippen molar-refractivity contribution in [3.8, 4) is 0 Å². The summed E-state index contributed by atoms with van der Waals surface area (Å²) in [7, 11) is 0. The third-order valence-electron chi connectivity index (χ3n) is 4.29. The van der Waals surface area contributed by atoms with Gasteiger partial charge < -0.3 is 14.6 Å². The summed E-state index contributed by atoms with van der Waals surface area (Å²) < 4.78 is 6.57. The van der Waals surface area contributed by atoms with Gasteiger partial charge in [0, 0.05) is 24.4 Å². The van der Waals surface area contributed by atoms with E-state index in [0.29, 0.717) is 15.7 Å². The molecule has 0 fully saturated rings. The first-order chi connectivity index (χ1) is 13.4. The molecule has 1 amide bonds. The number of para-hydroxylation sites is 1. The Bertz CT molecular complexity index is 1100. The van der Waals surface area contributed by atoms with Crippen molar-refractivity contribution in [1.29, 1.82) is 0 Å². The lowest BCUT2D eigenvalue weighted by atomic mass is 10.1. The van der Waals surface area contributed by atoms with Gasteiger partial charge in [-0.05, 0) is 32.4 Å². The highest BCUT2D eigenvalue weighted by atomic mass is 32.1. The zero-order chi connectivity index (χ0) is 20.3. The fourth-order valence-electron chi connectivity index (χ4n) is 2.96. The van der Waals surface area contributed by atoms with Crippen LogP contribution in [0.1, 0.15) is 34.3 Å². The van der Waals surface area contributed by atoms with E-state index in [1.54, 1.807) is 24.5 Å². The summed E-state index contributed by atoms with van der Waals surface area (Å²) in [4.78, 5) is 41.2. The van der Waals surface area contributed by atoms with E-state index < -0.39 is 5.97 Å². The van der Waals surface area contributed by atoms with Crippen molar-refractivity contribution in [1.82, 2.24) is 9.55 Å². The van der Waals surface area contributed by atoms with Crippen LogP contribution in [0.3, 0.4) is 0 Å². The van der Waals surface area contributed by atoms with Crippen LogP contribution in [0, 0.1) is 13.8 Å². The highest BCUT2D eigenvalue weighted by molar-refractivity contribution is 7.17. The number of thiazole rings is 1. The van der Waals surface area contributed by atoms with E-state index in [1.807, 2.05) is 31.2 Å². The van der Waals surface area contributed by atoms with Crippen molar-refractivity contribution in [3.63, 3.8) is 0 Å². The fraction of sp³-hybridized carbons (Fsp3) is 0.300. The van der Waals surface area contributed by atoms with E-state index in [2.05, 4.69) is 10.3 Å². The second-order valence-corrected chi connectivity index (χ2v) is 7.29. The summed E-state index contributed by atoms with van der Waals surface area (Å²) in [5, 5.41) is 4.02. The van der Waals surface area contributed by atoms with Crippen LogP contribution >= 0.6 is 11.3 Å². The number of ether oxygens (including phenoxy) is 1. The maximum atomic E-state index is 12.4. The Morgan fingerprint density at radius 1 is 1.25 bits per heavy atom. The molecule has 146 valence electrons. The second-order valence-electron chi connectivity index (χ2n) is 6.29. The number of aryl methyl sites for hydroxylation is 3. The van der Waals surface area contributed by atoms with Crippen LogP contribution in [-0.2, 0) is 16.1 Å². The van der Waals surface area contributed by atoms with E-state index in [9.17, 15) is 14.4 Å². The summed E-state index contributed by atoms with van der Waals surface area (Å²) in [6.45, 7) is 5.84. The van der Waals surface area contributed by atoms with Crippen LogP contribution in [0.15, 0.2) is 35.1 Å². The average Bonchev–Trinajstić information content (AvgIpc) is 3.02. The van der Waals surface area contributed by atoms with Crippen molar-refractivity contribution in [2.75, 3.05) is 11.9 Å². The zero-order valence-corrected chi connectivity index (χ0v) is 16.8. The van der Waals surface area contributed by atoms with Gasteiger partial charge in [0.2, 0.25) is 5.91 Å². The SMILES string of the molecule is CCOC(=O)c1sc(NC(=O)CCn2c(=O)cc(C)c3ccccc32)nc1C. The largest absolute Gasteiger partial charge is 0.462 e. The van der Waals surface area contributed by atoms with E-state index in [-0.39, 0.29) is 31.0 Å². The molecule has 0 spiro atoms. The number of amides is 1. The Morgan fingerprint density at radius 2 is 2.00 bits per heavy atom. The third-order valence-corrected chi connectivity index (χ3v) is 5.34. The molecule has 0 aliphatic heterocycles. The molecule has 1 aromatic carbocycles. The minimum Gasteiger partial charge on any atom is -0.462 e. The van der Waals surface area contributed by atoms with Crippen LogP contribution in [-0.4, -0.2) is 28.0 Å². The van der Waals surface area contributed by atoms with Gasteiger partial charge >= 0.3 is 5.97 Å². The first-order valence-corrected chi connectivity index (χ1v) is 9.76. The standard InChI is InChI=1S/C20H21N3O4S/c1-4-27-19(26)18-13(3)21-20(28-18)22-16(24)9-10-23-15-8-6-5-7-14(15)12(2)11-17(23)25/h5-8,11H,4,9-10H2,1-3H3,(H,21,22,24). The van der Waals surface area contributed by atoms with Gasteiger partial charge in [-0.15, -0.1) is 0 Å². The molecule has 0 unspecified atom stereocenters. The van der Waals surface area contributed by atoms with Crippen molar-refractivity contribution < 1.29 is 14.3 Å². The van der Waals surface area contributed by atoms with Crippen LogP contribution in [0.4, 0.5) is 5.13 Å². The number of rotatable bonds is 6. The van der Waals surface area contributed by atoms with Crippen molar-refractivity contribution in [2.45, 2.75) is 33.7 Å². The predicted molar refractivity (Wildman–Crippen MR) is 109 cm³/mol. The number of esters is 1. The molecular formula is C20H21N3O4S. The molecule has 3 rings (SSSR count). The van der Waals surface area contributed by atoms with Crippen molar-refractivity contribution in [2.24, 2.45) is 0 Å². The van der Waals surface area contributed by atoms with E-state index in [1.165, 1.54) is 0 Å². The van der Waals surface area contributed by atoms with Crippen LogP contribution in [0.2, 0.25) is 0 Å². The summed E-state index contributed by atoms with van der Waals surface area (Å²) in [6, 6.07) is 9.19. The number of hydrogen-bond donors (Lipinski definition) is 1. The van der Waals surface area contributed by atoms with E-state index >= 15 is 0 Å². The zero-order valence-electron chi connectivity index (χ0n) is 15.9. The molecule has 0 saturated heterocycles. The van der Waals surface area contributed by atoms with Gasteiger partial charge in [0.25, 0.3) is 5.56 Å². The molecule has 0 saturated carbocycles. The van der Waals surface area contributed by atoms with Crippen molar-refractivity contribution >= 4 is 39.2 Å². The molecule has 7 nitrogen and oxygen atoms in total. The number of pyridine rings is 1. The molecule has 8 heteroatoms.